The molecule has 2 saturated heterocycles. The van der Waals surface area contributed by atoms with Crippen LogP contribution in [0.25, 0.3) is 0 Å². The smallest absolute Gasteiger partial charge is 0.244 e. The van der Waals surface area contributed by atoms with Crippen LogP contribution in [0.2, 0.25) is 0 Å². The van der Waals surface area contributed by atoms with Crippen LogP contribution in [-0.4, -0.2) is 65.3 Å². The zero-order chi connectivity index (χ0) is 21.8. The minimum Gasteiger partial charge on any atom is -0.273 e. The quantitative estimate of drug-likeness (QED) is 0.621. The monoisotopic (exact) mass is 464 g/mol. The highest BCUT2D eigenvalue weighted by molar-refractivity contribution is 7.94. The summed E-state index contributed by atoms with van der Waals surface area (Å²) in [5.41, 5.74) is 0.381. The Morgan fingerprint density at radius 3 is 2.28 bits per heavy atom. The highest BCUT2D eigenvalue weighted by atomic mass is 32.2. The van der Waals surface area contributed by atoms with Crippen LogP contribution >= 0.6 is 0 Å². The summed E-state index contributed by atoms with van der Waals surface area (Å²) in [6, 6.07) is 3.31. The molecule has 2 aliphatic heterocycles. The average molecular weight is 465 g/mol. The van der Waals surface area contributed by atoms with Gasteiger partial charge in [0.2, 0.25) is 26.0 Å². The first-order valence-electron chi connectivity index (χ1n) is 9.20. The third kappa shape index (κ3) is 3.94. The maximum atomic E-state index is 13.2. The van der Waals surface area contributed by atoms with E-state index in [9.17, 15) is 30.0 Å². The molecular formula is C17H24N2O7S3. The molecule has 12 heteroatoms. The fourth-order valence-electron chi connectivity index (χ4n) is 3.89. The third-order valence-corrected chi connectivity index (χ3v) is 11.1. The van der Waals surface area contributed by atoms with Gasteiger partial charge in [-0.2, -0.15) is 4.31 Å². The van der Waals surface area contributed by atoms with E-state index in [1.165, 1.54) is 36.4 Å². The summed E-state index contributed by atoms with van der Waals surface area (Å²) in [6.45, 7) is 4.80. The molecule has 0 aromatic heterocycles. The highest BCUT2D eigenvalue weighted by Gasteiger charge is 2.43. The molecule has 2 aliphatic rings. The highest BCUT2D eigenvalue weighted by Crippen LogP contribution is 2.32. The zero-order valence-electron chi connectivity index (χ0n) is 16.4. The van der Waals surface area contributed by atoms with Gasteiger partial charge in [-0.3, -0.25) is 4.79 Å². The lowest BCUT2D eigenvalue weighted by Gasteiger charge is -2.27. The maximum Gasteiger partial charge on any atom is 0.244 e. The molecule has 0 N–H and O–H groups in total. The van der Waals surface area contributed by atoms with Gasteiger partial charge in [0.05, 0.1) is 33.8 Å². The molecule has 162 valence electrons. The number of carbonyl (C=O) groups is 1. The Hall–Kier alpha value is -1.50. The van der Waals surface area contributed by atoms with Crippen molar-refractivity contribution in [3.8, 4) is 0 Å². The lowest BCUT2D eigenvalue weighted by molar-refractivity contribution is -0.119. The number of anilines is 1. The molecule has 1 amide bonds. The van der Waals surface area contributed by atoms with Crippen LogP contribution in [0, 0.1) is 12.8 Å². The number of hydrogen-bond acceptors (Lipinski definition) is 7. The van der Waals surface area contributed by atoms with Gasteiger partial charge in [0, 0.05) is 12.6 Å². The summed E-state index contributed by atoms with van der Waals surface area (Å²) < 4.78 is 76.4. The van der Waals surface area contributed by atoms with Gasteiger partial charge < -0.3 is 0 Å². The predicted molar refractivity (Wildman–Crippen MR) is 108 cm³/mol. The molecule has 2 fully saturated rings. The van der Waals surface area contributed by atoms with Gasteiger partial charge in [0.15, 0.2) is 9.84 Å². The number of sulfone groups is 1. The molecule has 1 aromatic carbocycles. The van der Waals surface area contributed by atoms with E-state index in [-0.39, 0.29) is 46.4 Å². The fraction of sp³-hybridized carbons (Fsp3) is 0.588. The Bertz CT molecular complexity index is 1160. The van der Waals surface area contributed by atoms with Crippen molar-refractivity contribution in [2.45, 2.75) is 38.1 Å². The minimum absolute atomic E-state index is 0.0375. The first-order chi connectivity index (χ1) is 13.3. The summed E-state index contributed by atoms with van der Waals surface area (Å²) >= 11 is 0. The molecule has 2 atom stereocenters. The molecule has 0 spiro atoms. The van der Waals surface area contributed by atoms with Crippen LogP contribution in [0.15, 0.2) is 23.1 Å². The molecule has 0 bridgehead atoms. The third-order valence-electron chi connectivity index (χ3n) is 5.27. The predicted octanol–water partition coefficient (Wildman–Crippen LogP) is 0.505. The van der Waals surface area contributed by atoms with Gasteiger partial charge in [-0.15, -0.1) is 0 Å². The average Bonchev–Trinajstić information content (AvgIpc) is 3.03. The van der Waals surface area contributed by atoms with E-state index in [2.05, 4.69) is 0 Å². The normalized spacial score (nSPS) is 26.3. The van der Waals surface area contributed by atoms with Gasteiger partial charge in [-0.05, 0) is 37.1 Å². The van der Waals surface area contributed by atoms with E-state index in [4.69, 9.17) is 0 Å². The Morgan fingerprint density at radius 2 is 1.83 bits per heavy atom. The van der Waals surface area contributed by atoms with Crippen LogP contribution in [0.1, 0.15) is 25.8 Å². The SMILES string of the molecule is CCN([C@@H]1CCS(=O)(=O)C1)S(=O)(=O)c1ccc(N2C(=O)[C@@H](C)CS2(=O)=O)cc1C. The minimum atomic E-state index is -3.99. The van der Waals surface area contributed by atoms with E-state index in [1.54, 1.807) is 6.92 Å². The van der Waals surface area contributed by atoms with Crippen LogP contribution in [-0.2, 0) is 34.7 Å². The molecule has 0 unspecified atom stereocenters. The Balaban J connectivity index is 1.98. The van der Waals surface area contributed by atoms with Crippen LogP contribution in [0.5, 0.6) is 0 Å². The number of nitrogens with zero attached hydrogens (tertiary/aromatic N) is 2. The molecule has 3 rings (SSSR count). The summed E-state index contributed by atoms with van der Waals surface area (Å²) in [5, 5.41) is 0. The van der Waals surface area contributed by atoms with Crippen molar-refractivity contribution in [3.05, 3.63) is 23.8 Å². The standard InChI is InChI=1S/C17H24N2O7S3/c1-4-18(15-7-8-27(21,22)11-15)29(25,26)16-6-5-14(9-12(16)2)19-17(20)13(3)10-28(19,23)24/h5-6,9,13,15H,4,7-8,10-11H2,1-3H3/t13-,15+/m0/s1. The second-order valence-corrected chi connectivity index (χ2v) is 13.4. The van der Waals surface area contributed by atoms with Crippen LogP contribution < -0.4 is 4.31 Å². The summed E-state index contributed by atoms with van der Waals surface area (Å²) in [4.78, 5) is 12.2. The van der Waals surface area contributed by atoms with Crippen molar-refractivity contribution in [1.82, 2.24) is 4.31 Å². The lowest BCUT2D eigenvalue weighted by Crippen LogP contribution is -2.41. The summed E-state index contributed by atoms with van der Waals surface area (Å²) in [5.74, 6) is -1.76. The second-order valence-electron chi connectivity index (χ2n) is 7.50. The second kappa shape index (κ2) is 7.33. The molecule has 0 saturated carbocycles. The Morgan fingerprint density at radius 1 is 1.17 bits per heavy atom. The van der Waals surface area contributed by atoms with Crippen molar-refractivity contribution in [3.63, 3.8) is 0 Å². The van der Waals surface area contributed by atoms with E-state index < -0.39 is 47.8 Å². The molecule has 2 heterocycles. The fourth-order valence-corrected chi connectivity index (χ4v) is 9.40. The van der Waals surface area contributed by atoms with Gasteiger partial charge in [-0.1, -0.05) is 13.8 Å². The maximum absolute atomic E-state index is 13.2. The van der Waals surface area contributed by atoms with Crippen LogP contribution in [0.3, 0.4) is 0 Å². The van der Waals surface area contributed by atoms with E-state index >= 15 is 0 Å². The van der Waals surface area contributed by atoms with Crippen molar-refractivity contribution < 1.29 is 30.0 Å². The van der Waals surface area contributed by atoms with Crippen molar-refractivity contribution >= 4 is 41.5 Å². The summed E-state index contributed by atoms with van der Waals surface area (Å²) in [7, 11) is -11.0. The largest absolute Gasteiger partial charge is 0.273 e. The van der Waals surface area contributed by atoms with Crippen LogP contribution in [0.4, 0.5) is 5.69 Å². The zero-order valence-corrected chi connectivity index (χ0v) is 18.8. The van der Waals surface area contributed by atoms with Crippen molar-refractivity contribution in [2.75, 3.05) is 28.1 Å². The Labute approximate surface area is 171 Å². The number of amides is 1. The Kier molecular flexibility index (Phi) is 5.61. The molecular weight excluding hydrogens is 440 g/mol. The lowest BCUT2D eigenvalue weighted by atomic mass is 10.2. The van der Waals surface area contributed by atoms with E-state index in [1.807, 2.05) is 0 Å². The molecule has 0 aliphatic carbocycles. The van der Waals surface area contributed by atoms with Gasteiger partial charge >= 0.3 is 0 Å². The number of benzene rings is 1. The van der Waals surface area contributed by atoms with Crippen molar-refractivity contribution in [2.24, 2.45) is 5.92 Å². The number of hydrogen-bond donors (Lipinski definition) is 0. The van der Waals surface area contributed by atoms with Gasteiger partial charge in [0.1, 0.15) is 0 Å². The van der Waals surface area contributed by atoms with Gasteiger partial charge in [0.25, 0.3) is 0 Å². The van der Waals surface area contributed by atoms with Gasteiger partial charge in [-0.25, -0.2) is 29.6 Å². The number of aryl methyl sites for hydroxylation is 1. The number of sulfonamides is 2. The first kappa shape index (κ1) is 22.2. The van der Waals surface area contributed by atoms with Crippen molar-refractivity contribution in [1.29, 1.82) is 0 Å². The molecule has 29 heavy (non-hydrogen) atoms. The summed E-state index contributed by atoms with van der Waals surface area (Å²) in [6.07, 6.45) is 0.241. The molecule has 9 nitrogen and oxygen atoms in total. The number of carbonyl (C=O) groups excluding carboxylic acids is 1. The van der Waals surface area contributed by atoms with E-state index in [0.717, 1.165) is 4.31 Å². The molecule has 1 aromatic rings. The topological polar surface area (TPSA) is 126 Å². The molecule has 0 radical (unpaired) electrons. The van der Waals surface area contributed by atoms with E-state index in [0.29, 0.717) is 0 Å². The number of rotatable bonds is 5. The first-order valence-corrected chi connectivity index (χ1v) is 14.1.